The molecular formula is C17H26N2O6S. The van der Waals surface area contributed by atoms with Gasteiger partial charge in [0.15, 0.2) is 11.5 Å². The third-order valence-corrected chi connectivity index (χ3v) is 4.39. The number of rotatable bonds is 8. The van der Waals surface area contributed by atoms with Crippen LogP contribution in [-0.2, 0) is 21.4 Å². The van der Waals surface area contributed by atoms with E-state index < -0.39 is 10.1 Å². The summed E-state index contributed by atoms with van der Waals surface area (Å²) in [5.74, 6) is 0.406. The fourth-order valence-corrected chi connectivity index (χ4v) is 3.24. The van der Waals surface area contributed by atoms with E-state index in [9.17, 15) is 13.2 Å². The summed E-state index contributed by atoms with van der Waals surface area (Å²) in [4.78, 5) is 14.0. The van der Waals surface area contributed by atoms with Crippen LogP contribution < -0.4 is 14.2 Å². The number of carbonyl (C=O) groups is 1. The van der Waals surface area contributed by atoms with Crippen LogP contribution in [0.15, 0.2) is 18.2 Å². The second-order valence-electron chi connectivity index (χ2n) is 6.12. The van der Waals surface area contributed by atoms with Gasteiger partial charge in [-0.1, -0.05) is 6.07 Å². The number of benzene rings is 1. The molecule has 2 amide bonds. The molecular weight excluding hydrogens is 360 g/mol. The quantitative estimate of drug-likeness (QED) is 0.684. The van der Waals surface area contributed by atoms with E-state index >= 15 is 0 Å². The van der Waals surface area contributed by atoms with Gasteiger partial charge in [-0.2, -0.15) is 8.42 Å². The maximum Gasteiger partial charge on any atom is 0.317 e. The Morgan fingerprint density at radius 1 is 1.38 bits per heavy atom. The Morgan fingerprint density at radius 3 is 2.73 bits per heavy atom. The van der Waals surface area contributed by atoms with E-state index in [2.05, 4.69) is 5.32 Å². The number of ether oxygens (including phenoxy) is 2. The molecule has 1 atom stereocenters. The lowest BCUT2D eigenvalue weighted by Crippen LogP contribution is -2.43. The third-order valence-electron chi connectivity index (χ3n) is 3.91. The first-order chi connectivity index (χ1) is 12.3. The van der Waals surface area contributed by atoms with Crippen LogP contribution in [0.2, 0.25) is 0 Å². The zero-order chi connectivity index (χ0) is 19.2. The second-order valence-corrected chi connectivity index (χ2v) is 7.70. The monoisotopic (exact) mass is 386 g/mol. The predicted molar refractivity (Wildman–Crippen MR) is 96.9 cm³/mol. The van der Waals surface area contributed by atoms with Gasteiger partial charge in [-0.25, -0.2) is 4.79 Å². The molecule has 0 spiro atoms. The standard InChI is InChI=1S/C17H26N2O6S/c1-4-18-17(20)19(12-14-6-5-9-24-14)11-13-7-8-15(23-2)16(10-13)25-26(3,21)22/h7-8,10,14H,4-6,9,11-12H2,1-3H3,(H,18,20)/t14-/m1/s1. The highest BCUT2D eigenvalue weighted by molar-refractivity contribution is 7.86. The lowest BCUT2D eigenvalue weighted by atomic mass is 10.1. The number of nitrogens with zero attached hydrogens (tertiary/aromatic N) is 1. The molecule has 1 aliphatic heterocycles. The topological polar surface area (TPSA) is 94.2 Å². The molecule has 0 unspecified atom stereocenters. The van der Waals surface area contributed by atoms with Crippen molar-refractivity contribution in [3.63, 3.8) is 0 Å². The zero-order valence-corrected chi connectivity index (χ0v) is 16.2. The number of nitrogens with one attached hydrogen (secondary N) is 1. The summed E-state index contributed by atoms with van der Waals surface area (Å²) < 4.78 is 38.7. The molecule has 1 aromatic carbocycles. The zero-order valence-electron chi connectivity index (χ0n) is 15.4. The first-order valence-electron chi connectivity index (χ1n) is 8.53. The Labute approximate surface area is 154 Å². The molecule has 0 aromatic heterocycles. The van der Waals surface area contributed by atoms with Gasteiger partial charge in [-0.3, -0.25) is 0 Å². The minimum Gasteiger partial charge on any atom is -0.493 e. The molecule has 1 aromatic rings. The number of hydrogen-bond donors (Lipinski definition) is 1. The summed E-state index contributed by atoms with van der Waals surface area (Å²) >= 11 is 0. The highest BCUT2D eigenvalue weighted by atomic mass is 32.2. The summed E-state index contributed by atoms with van der Waals surface area (Å²) in [7, 11) is -2.26. The van der Waals surface area contributed by atoms with Crippen molar-refractivity contribution in [2.24, 2.45) is 0 Å². The lowest BCUT2D eigenvalue weighted by Gasteiger charge is -2.26. The first kappa shape index (κ1) is 20.3. The Hall–Kier alpha value is -2.00. The van der Waals surface area contributed by atoms with Crippen molar-refractivity contribution in [1.82, 2.24) is 10.2 Å². The summed E-state index contributed by atoms with van der Waals surface area (Å²) in [5, 5.41) is 2.79. The fraction of sp³-hybridized carbons (Fsp3) is 0.588. The summed E-state index contributed by atoms with van der Waals surface area (Å²) in [6.07, 6.45) is 2.89. The van der Waals surface area contributed by atoms with Gasteiger partial charge in [0.05, 0.1) is 19.5 Å². The maximum absolute atomic E-state index is 12.4. The molecule has 8 nitrogen and oxygen atoms in total. The van der Waals surface area contributed by atoms with E-state index in [0.29, 0.717) is 32.0 Å². The molecule has 1 aliphatic rings. The lowest BCUT2D eigenvalue weighted by molar-refractivity contribution is 0.0795. The Bertz CT molecular complexity index is 716. The molecule has 9 heteroatoms. The minimum absolute atomic E-state index is 0.0163. The van der Waals surface area contributed by atoms with Crippen LogP contribution in [-0.4, -0.2) is 58.5 Å². The number of hydrogen-bond acceptors (Lipinski definition) is 6. The molecule has 0 radical (unpaired) electrons. The van der Waals surface area contributed by atoms with Gasteiger partial charge in [-0.05, 0) is 37.5 Å². The molecule has 1 heterocycles. The first-order valence-corrected chi connectivity index (χ1v) is 10.3. The van der Waals surface area contributed by atoms with E-state index in [1.54, 1.807) is 23.1 Å². The predicted octanol–water partition coefficient (Wildman–Crippen LogP) is 1.74. The SMILES string of the molecule is CCNC(=O)N(Cc1ccc(OC)c(OS(C)(=O)=O)c1)C[C@H]1CCCO1. The van der Waals surface area contributed by atoms with E-state index in [4.69, 9.17) is 13.7 Å². The molecule has 1 saturated heterocycles. The molecule has 0 bridgehead atoms. The number of carbonyl (C=O) groups excluding carboxylic acids is 1. The Balaban J connectivity index is 2.19. The van der Waals surface area contributed by atoms with Crippen LogP contribution in [0.5, 0.6) is 11.5 Å². The van der Waals surface area contributed by atoms with Gasteiger partial charge < -0.3 is 23.9 Å². The van der Waals surface area contributed by atoms with Crippen LogP contribution in [0.4, 0.5) is 4.79 Å². The minimum atomic E-state index is -3.69. The normalized spacial score (nSPS) is 17.0. The van der Waals surface area contributed by atoms with Crippen LogP contribution in [0.25, 0.3) is 0 Å². The van der Waals surface area contributed by atoms with Crippen molar-refractivity contribution in [3.8, 4) is 11.5 Å². The molecule has 1 fully saturated rings. The smallest absolute Gasteiger partial charge is 0.317 e. The molecule has 0 saturated carbocycles. The highest BCUT2D eigenvalue weighted by Gasteiger charge is 2.23. The third kappa shape index (κ3) is 6.06. The highest BCUT2D eigenvalue weighted by Crippen LogP contribution is 2.29. The number of urea groups is 1. The van der Waals surface area contributed by atoms with E-state index in [1.807, 2.05) is 6.92 Å². The van der Waals surface area contributed by atoms with E-state index in [-0.39, 0.29) is 17.9 Å². The molecule has 146 valence electrons. The number of methoxy groups -OCH3 is 1. The maximum atomic E-state index is 12.4. The molecule has 26 heavy (non-hydrogen) atoms. The van der Waals surface area contributed by atoms with Gasteiger partial charge in [0.2, 0.25) is 0 Å². The van der Waals surface area contributed by atoms with Gasteiger partial charge in [-0.15, -0.1) is 0 Å². The molecule has 2 rings (SSSR count). The van der Waals surface area contributed by atoms with Crippen molar-refractivity contribution in [1.29, 1.82) is 0 Å². The van der Waals surface area contributed by atoms with Crippen molar-refractivity contribution in [2.75, 3.05) is 33.1 Å². The van der Waals surface area contributed by atoms with Crippen molar-refractivity contribution in [2.45, 2.75) is 32.4 Å². The van der Waals surface area contributed by atoms with Crippen LogP contribution in [0.3, 0.4) is 0 Å². The van der Waals surface area contributed by atoms with Gasteiger partial charge in [0, 0.05) is 26.2 Å². The van der Waals surface area contributed by atoms with Gasteiger partial charge >= 0.3 is 16.1 Å². The Kier molecular flexibility index (Phi) is 7.10. The van der Waals surface area contributed by atoms with Crippen molar-refractivity contribution in [3.05, 3.63) is 23.8 Å². The molecule has 0 aliphatic carbocycles. The van der Waals surface area contributed by atoms with E-state index in [0.717, 1.165) is 24.7 Å². The average molecular weight is 386 g/mol. The average Bonchev–Trinajstić information content (AvgIpc) is 3.06. The van der Waals surface area contributed by atoms with Crippen molar-refractivity contribution >= 4 is 16.1 Å². The Morgan fingerprint density at radius 2 is 2.15 bits per heavy atom. The van der Waals surface area contributed by atoms with Gasteiger partial charge in [0.25, 0.3) is 0 Å². The van der Waals surface area contributed by atoms with Gasteiger partial charge in [0.1, 0.15) is 0 Å². The molecule has 1 N–H and O–H groups in total. The summed E-state index contributed by atoms with van der Waals surface area (Å²) in [5.41, 5.74) is 0.730. The van der Waals surface area contributed by atoms with Crippen LogP contribution >= 0.6 is 0 Å². The number of amides is 2. The largest absolute Gasteiger partial charge is 0.493 e. The van der Waals surface area contributed by atoms with Crippen molar-refractivity contribution < 1.29 is 26.9 Å². The second kappa shape index (κ2) is 9.09. The van der Waals surface area contributed by atoms with Crippen LogP contribution in [0.1, 0.15) is 25.3 Å². The van der Waals surface area contributed by atoms with Crippen LogP contribution in [0, 0.1) is 0 Å². The van der Waals surface area contributed by atoms with E-state index in [1.165, 1.54) is 7.11 Å². The fourth-order valence-electron chi connectivity index (χ4n) is 2.78. The summed E-state index contributed by atoms with van der Waals surface area (Å²) in [6, 6.07) is 4.78. The summed E-state index contributed by atoms with van der Waals surface area (Å²) in [6.45, 7) is 3.86.